The van der Waals surface area contributed by atoms with Gasteiger partial charge in [0.25, 0.3) is 11.8 Å². The largest absolute Gasteiger partial charge is 0.503 e. The van der Waals surface area contributed by atoms with E-state index in [1.807, 2.05) is 6.92 Å². The average molecular weight is 463 g/mol. The van der Waals surface area contributed by atoms with Gasteiger partial charge in [0, 0.05) is 43.0 Å². The van der Waals surface area contributed by atoms with Crippen molar-refractivity contribution in [1.82, 2.24) is 14.8 Å². The molecule has 33 heavy (non-hydrogen) atoms. The second kappa shape index (κ2) is 7.34. The number of hydrogen-bond acceptors (Lipinski definition) is 5. The van der Waals surface area contributed by atoms with Crippen LogP contribution in [-0.2, 0) is 11.3 Å². The molecule has 3 aliphatic rings. The number of amides is 2. The van der Waals surface area contributed by atoms with Crippen LogP contribution in [-0.4, -0.2) is 51.2 Å². The first-order chi connectivity index (χ1) is 15.6. The van der Waals surface area contributed by atoms with Crippen molar-refractivity contribution in [3.05, 3.63) is 62.8 Å². The van der Waals surface area contributed by atoms with E-state index in [4.69, 9.17) is 4.74 Å². The average Bonchev–Trinajstić information content (AvgIpc) is 3.55. The number of fused-ring (bicyclic) bond motifs is 5. The SMILES string of the molecule is C[C@H]1CC[C@@]2(CO2)[C@H]2CN1C(=O)c1c(O)c(=O)c(C(=O)NCc3c(F)cc(F)cc3F)cn12. The van der Waals surface area contributed by atoms with Crippen LogP contribution in [0.15, 0.2) is 23.1 Å². The van der Waals surface area contributed by atoms with Crippen LogP contribution in [0, 0.1) is 17.5 Å². The number of carbonyl (C=O) groups is 2. The number of hydrogen-bond donors (Lipinski definition) is 2. The molecule has 174 valence electrons. The van der Waals surface area contributed by atoms with Gasteiger partial charge in [0.05, 0.1) is 12.6 Å². The molecule has 11 heteroatoms. The number of pyridine rings is 1. The van der Waals surface area contributed by atoms with E-state index in [0.29, 0.717) is 38.1 Å². The van der Waals surface area contributed by atoms with Crippen LogP contribution in [0.2, 0.25) is 0 Å². The van der Waals surface area contributed by atoms with Gasteiger partial charge in [0.15, 0.2) is 11.4 Å². The van der Waals surface area contributed by atoms with Crippen molar-refractivity contribution in [2.75, 3.05) is 13.2 Å². The topological polar surface area (TPSA) is 104 Å². The third kappa shape index (κ3) is 3.29. The lowest BCUT2D eigenvalue weighted by Gasteiger charge is -2.38. The van der Waals surface area contributed by atoms with Crippen LogP contribution >= 0.6 is 0 Å². The summed E-state index contributed by atoms with van der Waals surface area (Å²) >= 11 is 0. The minimum atomic E-state index is -1.19. The highest BCUT2D eigenvalue weighted by molar-refractivity contribution is 5.99. The van der Waals surface area contributed by atoms with Crippen LogP contribution in [0.5, 0.6) is 5.75 Å². The molecule has 2 aromatic rings. The molecule has 3 aliphatic heterocycles. The fourth-order valence-electron chi connectivity index (χ4n) is 4.74. The smallest absolute Gasteiger partial charge is 0.274 e. The second-order valence-corrected chi connectivity index (χ2v) is 8.72. The number of epoxide rings is 1. The monoisotopic (exact) mass is 463 g/mol. The second-order valence-electron chi connectivity index (χ2n) is 8.72. The Morgan fingerprint density at radius 1 is 1.27 bits per heavy atom. The zero-order chi connectivity index (χ0) is 23.7. The van der Waals surface area contributed by atoms with E-state index in [-0.39, 0.29) is 11.7 Å². The Morgan fingerprint density at radius 3 is 2.58 bits per heavy atom. The quantitative estimate of drug-likeness (QED) is 0.677. The van der Waals surface area contributed by atoms with Crippen molar-refractivity contribution >= 4 is 11.8 Å². The number of halogens is 3. The molecule has 2 saturated heterocycles. The van der Waals surface area contributed by atoms with Gasteiger partial charge in [-0.05, 0) is 19.8 Å². The summed E-state index contributed by atoms with van der Waals surface area (Å²) in [6.07, 6.45) is 2.53. The Labute approximate surface area is 185 Å². The first kappa shape index (κ1) is 21.5. The predicted molar refractivity (Wildman–Crippen MR) is 107 cm³/mol. The molecule has 4 heterocycles. The van der Waals surface area contributed by atoms with Crippen molar-refractivity contribution in [1.29, 1.82) is 0 Å². The fourth-order valence-corrected chi connectivity index (χ4v) is 4.74. The van der Waals surface area contributed by atoms with E-state index in [2.05, 4.69) is 5.32 Å². The number of aromatic hydroxyl groups is 1. The van der Waals surface area contributed by atoms with Gasteiger partial charge < -0.3 is 24.6 Å². The Morgan fingerprint density at radius 2 is 1.94 bits per heavy atom. The van der Waals surface area contributed by atoms with Crippen LogP contribution in [0.3, 0.4) is 0 Å². The van der Waals surface area contributed by atoms with Crippen molar-refractivity contribution in [2.45, 2.75) is 44.0 Å². The summed E-state index contributed by atoms with van der Waals surface area (Å²) in [6, 6.07) is 0.420. The lowest BCUT2D eigenvalue weighted by molar-refractivity contribution is 0.0574. The van der Waals surface area contributed by atoms with Gasteiger partial charge >= 0.3 is 0 Å². The summed E-state index contributed by atoms with van der Waals surface area (Å²) in [5.74, 6) is -5.88. The highest BCUT2D eigenvalue weighted by Crippen LogP contribution is 2.48. The molecule has 1 aromatic heterocycles. The Bertz CT molecular complexity index is 1230. The van der Waals surface area contributed by atoms with Gasteiger partial charge in [-0.3, -0.25) is 14.4 Å². The van der Waals surface area contributed by atoms with E-state index >= 15 is 0 Å². The maximum Gasteiger partial charge on any atom is 0.274 e. The molecule has 2 N–H and O–H groups in total. The molecular weight excluding hydrogens is 443 g/mol. The van der Waals surface area contributed by atoms with E-state index in [9.17, 15) is 32.7 Å². The Hall–Kier alpha value is -3.34. The number of carbonyl (C=O) groups excluding carboxylic acids is 2. The summed E-state index contributed by atoms with van der Waals surface area (Å²) in [4.78, 5) is 40.1. The van der Waals surface area contributed by atoms with Crippen LogP contribution < -0.4 is 10.7 Å². The maximum absolute atomic E-state index is 13.9. The molecule has 0 aliphatic carbocycles. The van der Waals surface area contributed by atoms with Gasteiger partial charge in [0.1, 0.15) is 28.6 Å². The standard InChI is InChI=1S/C22H20F3N3O5/c1-10-2-3-22(9-33-22)16-8-27(10)21(32)17-19(30)18(29)13(7-28(16)17)20(31)26-6-12-14(24)4-11(23)5-15(12)25/h4-5,7,10,16,30H,2-3,6,8-9H2,1H3,(H,26,31)/t10-,16+,22+/m0/s1. The first-order valence-electron chi connectivity index (χ1n) is 10.5. The number of aromatic nitrogens is 1. The molecule has 3 atom stereocenters. The highest BCUT2D eigenvalue weighted by atomic mass is 19.1. The zero-order valence-corrected chi connectivity index (χ0v) is 17.5. The van der Waals surface area contributed by atoms with Crippen molar-refractivity contribution in [3.63, 3.8) is 0 Å². The van der Waals surface area contributed by atoms with E-state index in [1.54, 1.807) is 4.90 Å². The third-order valence-corrected chi connectivity index (χ3v) is 6.80. The number of rotatable bonds is 3. The Kier molecular flexibility index (Phi) is 4.78. The molecule has 2 fully saturated rings. The van der Waals surface area contributed by atoms with Crippen LogP contribution in [0.25, 0.3) is 0 Å². The lowest BCUT2D eigenvalue weighted by Crippen LogP contribution is -2.49. The molecule has 1 aromatic carbocycles. The summed E-state index contributed by atoms with van der Waals surface area (Å²) in [5, 5.41) is 12.8. The van der Waals surface area contributed by atoms with Gasteiger partial charge in [0.2, 0.25) is 5.43 Å². The summed E-state index contributed by atoms with van der Waals surface area (Å²) in [6.45, 7) is 1.97. The van der Waals surface area contributed by atoms with Gasteiger partial charge in [-0.2, -0.15) is 0 Å². The van der Waals surface area contributed by atoms with Gasteiger partial charge in [-0.15, -0.1) is 0 Å². The summed E-state index contributed by atoms with van der Waals surface area (Å²) in [5.41, 5.74) is -2.93. The molecule has 2 bridgehead atoms. The lowest BCUT2D eigenvalue weighted by atomic mass is 9.94. The molecule has 5 rings (SSSR count). The normalized spacial score (nSPS) is 25.6. The summed E-state index contributed by atoms with van der Waals surface area (Å²) < 4.78 is 48.0. The van der Waals surface area contributed by atoms with Crippen molar-refractivity contribution in [3.8, 4) is 5.75 Å². The molecule has 8 nitrogen and oxygen atoms in total. The fraction of sp³-hybridized carbons (Fsp3) is 0.409. The number of nitrogens with one attached hydrogen (secondary N) is 1. The minimum absolute atomic E-state index is 0.115. The van der Waals surface area contributed by atoms with Crippen molar-refractivity contribution in [2.24, 2.45) is 0 Å². The molecular formula is C22H20F3N3O5. The van der Waals surface area contributed by atoms with Gasteiger partial charge in [-0.25, -0.2) is 13.2 Å². The van der Waals surface area contributed by atoms with E-state index < -0.39 is 69.8 Å². The maximum atomic E-state index is 13.9. The summed E-state index contributed by atoms with van der Waals surface area (Å²) in [7, 11) is 0. The molecule has 0 saturated carbocycles. The number of benzene rings is 1. The highest BCUT2D eigenvalue weighted by Gasteiger charge is 2.57. The molecule has 0 unspecified atom stereocenters. The minimum Gasteiger partial charge on any atom is -0.503 e. The Balaban J connectivity index is 1.52. The first-order valence-corrected chi connectivity index (χ1v) is 10.5. The van der Waals surface area contributed by atoms with Crippen molar-refractivity contribution < 1.29 is 32.6 Å². The molecule has 0 radical (unpaired) electrons. The van der Waals surface area contributed by atoms with Crippen LogP contribution in [0.1, 0.15) is 52.2 Å². The number of ether oxygens (including phenoxy) is 1. The predicted octanol–water partition coefficient (Wildman–Crippen LogP) is 1.85. The van der Waals surface area contributed by atoms with E-state index in [1.165, 1.54) is 10.8 Å². The third-order valence-electron chi connectivity index (χ3n) is 6.80. The van der Waals surface area contributed by atoms with Crippen LogP contribution in [0.4, 0.5) is 13.2 Å². The van der Waals surface area contributed by atoms with Gasteiger partial charge in [-0.1, -0.05) is 0 Å². The zero-order valence-electron chi connectivity index (χ0n) is 17.5. The molecule has 2 amide bonds. The molecule has 1 spiro atoms. The van der Waals surface area contributed by atoms with E-state index in [0.717, 1.165) is 0 Å². The number of nitrogens with zero attached hydrogens (tertiary/aromatic N) is 2.